The summed E-state index contributed by atoms with van der Waals surface area (Å²) < 4.78 is 40.1. The molecule has 4 nitrogen and oxygen atoms in total. The van der Waals surface area contributed by atoms with Crippen LogP contribution in [-0.2, 0) is 11.3 Å². The smallest absolute Gasteiger partial charge is 0.282 e. The molecule has 1 heterocycles. The largest absolute Gasteiger partial charge is 0.322 e. The summed E-state index contributed by atoms with van der Waals surface area (Å²) >= 11 is 0. The average molecular weight is 379 g/mol. The van der Waals surface area contributed by atoms with Crippen LogP contribution in [0.2, 0.25) is 0 Å². The Bertz CT molecular complexity index is 793. The summed E-state index contributed by atoms with van der Waals surface area (Å²) in [4.78, 5) is 15.0. The molecule has 0 radical (unpaired) electrons. The van der Waals surface area contributed by atoms with Crippen molar-refractivity contribution in [2.75, 3.05) is 31.5 Å². The summed E-state index contributed by atoms with van der Waals surface area (Å²) in [6, 6.07) is 11.7. The van der Waals surface area contributed by atoms with E-state index in [2.05, 4.69) is 17.4 Å². The number of amides is 1. The Labute approximate surface area is 156 Å². The fraction of sp³-hybridized carbons (Fsp3) is 0.350. The molecule has 0 spiro atoms. The number of quaternary nitrogens is 2. The van der Waals surface area contributed by atoms with Gasteiger partial charge in [0.25, 0.3) is 5.91 Å². The van der Waals surface area contributed by atoms with E-state index >= 15 is 0 Å². The molecule has 27 heavy (non-hydrogen) atoms. The molecule has 0 aromatic heterocycles. The number of hydrogen-bond donors (Lipinski definition) is 3. The minimum Gasteiger partial charge on any atom is -0.322 e. The number of anilines is 1. The van der Waals surface area contributed by atoms with Crippen LogP contribution in [-0.4, -0.2) is 38.1 Å². The van der Waals surface area contributed by atoms with Crippen LogP contribution in [0.15, 0.2) is 42.5 Å². The van der Waals surface area contributed by atoms with Crippen molar-refractivity contribution in [3.63, 3.8) is 0 Å². The first-order valence-electron chi connectivity index (χ1n) is 9.12. The Morgan fingerprint density at radius 3 is 2.33 bits per heavy atom. The van der Waals surface area contributed by atoms with Crippen molar-refractivity contribution >= 4 is 11.6 Å². The highest BCUT2D eigenvalue weighted by molar-refractivity contribution is 5.93. The molecule has 0 saturated carbocycles. The molecule has 144 valence electrons. The van der Waals surface area contributed by atoms with Gasteiger partial charge < -0.3 is 15.1 Å². The zero-order valence-corrected chi connectivity index (χ0v) is 15.2. The van der Waals surface area contributed by atoms with Crippen molar-refractivity contribution in [2.45, 2.75) is 19.5 Å². The third kappa shape index (κ3) is 4.67. The van der Waals surface area contributed by atoms with E-state index in [9.17, 15) is 18.0 Å². The summed E-state index contributed by atoms with van der Waals surface area (Å²) in [7, 11) is 0. The average Bonchev–Trinajstić information content (AvgIpc) is 2.69. The lowest BCUT2D eigenvalue weighted by atomic mass is 10.1. The highest BCUT2D eigenvalue weighted by Gasteiger charge is 2.31. The maximum Gasteiger partial charge on any atom is 0.282 e. The Kier molecular flexibility index (Phi) is 6.13. The number of carbonyl (C=O) groups excluding carboxylic acids is 1. The van der Waals surface area contributed by atoms with Gasteiger partial charge in [0.1, 0.15) is 32.7 Å². The first-order valence-corrected chi connectivity index (χ1v) is 9.12. The van der Waals surface area contributed by atoms with Gasteiger partial charge in [-0.05, 0) is 19.1 Å². The van der Waals surface area contributed by atoms with Gasteiger partial charge in [-0.25, -0.2) is 13.2 Å². The standard InChI is InChI=1S/C20H22F3N3O/c1-14(20(27)24-17-8-7-16(21)18(22)19(17)23)26-11-9-25(10-12-26)13-15-5-3-2-4-6-15/h2-8,14H,9-13H2,1H3,(H,24,27)/p+2/t14-/m1/s1. The molecule has 3 rings (SSSR count). The van der Waals surface area contributed by atoms with Crippen LogP contribution in [0, 0.1) is 17.5 Å². The van der Waals surface area contributed by atoms with Gasteiger partial charge in [0.2, 0.25) is 0 Å². The molecule has 1 saturated heterocycles. The van der Waals surface area contributed by atoms with E-state index in [1.54, 1.807) is 6.92 Å². The number of halogens is 3. The molecule has 3 N–H and O–H groups in total. The number of piperazine rings is 1. The van der Waals surface area contributed by atoms with Crippen LogP contribution in [0.1, 0.15) is 12.5 Å². The van der Waals surface area contributed by atoms with E-state index in [0.29, 0.717) is 0 Å². The lowest BCUT2D eigenvalue weighted by Gasteiger charge is -2.32. The Hall–Kier alpha value is -2.38. The van der Waals surface area contributed by atoms with Crippen LogP contribution in [0.3, 0.4) is 0 Å². The Balaban J connectivity index is 1.53. The van der Waals surface area contributed by atoms with Gasteiger partial charge in [0, 0.05) is 5.56 Å². The second kappa shape index (κ2) is 8.54. The SMILES string of the molecule is C[C@H](C(=O)Nc1ccc(F)c(F)c1F)[NH+]1CC[NH+](Cc2ccccc2)CC1. The van der Waals surface area contributed by atoms with Crippen LogP contribution >= 0.6 is 0 Å². The summed E-state index contributed by atoms with van der Waals surface area (Å²) in [5.41, 5.74) is 0.953. The van der Waals surface area contributed by atoms with Gasteiger partial charge >= 0.3 is 0 Å². The van der Waals surface area contributed by atoms with E-state index in [4.69, 9.17) is 0 Å². The second-order valence-corrected chi connectivity index (χ2v) is 7.00. The molecule has 1 fully saturated rings. The van der Waals surface area contributed by atoms with E-state index in [1.807, 2.05) is 18.2 Å². The summed E-state index contributed by atoms with van der Waals surface area (Å²) in [5.74, 6) is -4.63. The third-order valence-electron chi connectivity index (χ3n) is 5.19. The normalized spacial score (nSPS) is 20.9. The molecule has 1 atom stereocenters. The van der Waals surface area contributed by atoms with Crippen LogP contribution in [0.25, 0.3) is 0 Å². The van der Waals surface area contributed by atoms with Crippen molar-refractivity contribution in [1.82, 2.24) is 0 Å². The van der Waals surface area contributed by atoms with Crippen LogP contribution < -0.4 is 15.1 Å². The fourth-order valence-corrected chi connectivity index (χ4v) is 3.47. The summed E-state index contributed by atoms with van der Waals surface area (Å²) in [6.07, 6.45) is 0. The van der Waals surface area contributed by atoms with Crippen LogP contribution in [0.5, 0.6) is 0 Å². The molecular formula is C20H24F3N3O+2. The highest BCUT2D eigenvalue weighted by atomic mass is 19.2. The lowest BCUT2D eigenvalue weighted by molar-refractivity contribution is -1.02. The number of rotatable bonds is 5. The zero-order chi connectivity index (χ0) is 19.4. The number of hydrogen-bond acceptors (Lipinski definition) is 1. The molecule has 2 aromatic rings. The third-order valence-corrected chi connectivity index (χ3v) is 5.19. The highest BCUT2D eigenvalue weighted by Crippen LogP contribution is 2.19. The van der Waals surface area contributed by atoms with E-state index < -0.39 is 29.4 Å². The van der Waals surface area contributed by atoms with Gasteiger partial charge in [-0.15, -0.1) is 0 Å². The first kappa shape index (κ1) is 19.4. The van der Waals surface area contributed by atoms with Gasteiger partial charge in [-0.2, -0.15) is 0 Å². The molecule has 2 aromatic carbocycles. The molecular weight excluding hydrogens is 355 g/mol. The lowest BCUT2D eigenvalue weighted by Crippen LogP contribution is -3.29. The molecule has 0 unspecified atom stereocenters. The number of nitrogens with one attached hydrogen (secondary N) is 3. The summed E-state index contributed by atoms with van der Waals surface area (Å²) in [5, 5.41) is 2.38. The quantitative estimate of drug-likeness (QED) is 0.647. The van der Waals surface area contributed by atoms with E-state index in [0.717, 1.165) is 49.8 Å². The monoisotopic (exact) mass is 379 g/mol. The van der Waals surface area contributed by atoms with Gasteiger partial charge in [-0.1, -0.05) is 30.3 Å². The molecule has 7 heteroatoms. The van der Waals surface area contributed by atoms with Gasteiger partial charge in [0.15, 0.2) is 23.5 Å². The maximum atomic E-state index is 13.7. The maximum absolute atomic E-state index is 13.7. The van der Waals surface area contributed by atoms with Gasteiger partial charge in [-0.3, -0.25) is 4.79 Å². The molecule has 1 aliphatic heterocycles. The van der Waals surface area contributed by atoms with Crippen LogP contribution in [0.4, 0.5) is 18.9 Å². The zero-order valence-electron chi connectivity index (χ0n) is 15.2. The molecule has 0 bridgehead atoms. The van der Waals surface area contributed by atoms with Crippen molar-refractivity contribution < 1.29 is 27.8 Å². The van der Waals surface area contributed by atoms with Crippen molar-refractivity contribution in [3.8, 4) is 0 Å². The van der Waals surface area contributed by atoms with Gasteiger partial charge in [0.05, 0.1) is 5.69 Å². The first-order chi connectivity index (χ1) is 13.0. The topological polar surface area (TPSA) is 38.0 Å². The summed E-state index contributed by atoms with van der Waals surface area (Å²) in [6.45, 7) is 6.22. The Morgan fingerprint density at radius 2 is 1.67 bits per heavy atom. The van der Waals surface area contributed by atoms with E-state index in [1.165, 1.54) is 10.5 Å². The predicted octanol–water partition coefficient (Wildman–Crippen LogP) is 0.415. The second-order valence-electron chi connectivity index (χ2n) is 7.00. The molecule has 1 aliphatic rings. The predicted molar refractivity (Wildman–Crippen MR) is 95.9 cm³/mol. The molecule has 0 aliphatic carbocycles. The van der Waals surface area contributed by atoms with Crippen molar-refractivity contribution in [2.24, 2.45) is 0 Å². The van der Waals surface area contributed by atoms with Crippen molar-refractivity contribution in [1.29, 1.82) is 0 Å². The number of benzene rings is 2. The van der Waals surface area contributed by atoms with E-state index in [-0.39, 0.29) is 5.69 Å². The minimum absolute atomic E-state index is 0.335. The Morgan fingerprint density at radius 1 is 1.00 bits per heavy atom. The number of carbonyl (C=O) groups is 1. The van der Waals surface area contributed by atoms with Crippen molar-refractivity contribution in [3.05, 3.63) is 65.5 Å². The molecule has 1 amide bonds. The fourth-order valence-electron chi connectivity index (χ4n) is 3.47. The minimum atomic E-state index is -1.58.